The Morgan fingerprint density at radius 2 is 1.80 bits per heavy atom. The zero-order valence-electron chi connectivity index (χ0n) is 14.9. The average Bonchev–Trinajstić information content (AvgIpc) is 2.62. The molecule has 0 radical (unpaired) electrons. The first-order valence-corrected chi connectivity index (χ1v) is 8.90. The van der Waals surface area contributed by atoms with Crippen molar-refractivity contribution in [2.24, 2.45) is 0 Å². The molecule has 0 unspecified atom stereocenters. The fraction of sp³-hybridized carbons (Fsp3) is 0.350. The molecule has 0 bridgehead atoms. The highest BCUT2D eigenvalue weighted by atomic mass is 35.5. The predicted octanol–water partition coefficient (Wildman–Crippen LogP) is 4.80. The Hall–Kier alpha value is -2.20. The Morgan fingerprint density at radius 3 is 2.44 bits per heavy atom. The lowest BCUT2D eigenvalue weighted by atomic mass is 10.1. The van der Waals surface area contributed by atoms with Gasteiger partial charge in [0.25, 0.3) is 5.91 Å². The van der Waals surface area contributed by atoms with E-state index < -0.39 is 0 Å². The third kappa shape index (κ3) is 5.13. The van der Waals surface area contributed by atoms with Gasteiger partial charge < -0.3 is 14.4 Å². The van der Waals surface area contributed by atoms with E-state index in [1.165, 1.54) is 0 Å². The van der Waals surface area contributed by atoms with Gasteiger partial charge in [-0.25, -0.2) is 0 Å². The van der Waals surface area contributed by atoms with Crippen LogP contribution < -0.4 is 9.47 Å². The lowest BCUT2D eigenvalue weighted by Crippen LogP contribution is -2.30. The van der Waals surface area contributed by atoms with Gasteiger partial charge in [0.2, 0.25) is 0 Å². The molecule has 1 amide bonds. The molecular formula is C20H24ClNO3. The summed E-state index contributed by atoms with van der Waals surface area (Å²) in [5.41, 5.74) is 1.47. The highest BCUT2D eigenvalue weighted by molar-refractivity contribution is 6.30. The summed E-state index contributed by atoms with van der Waals surface area (Å²) in [6.07, 6.45) is 0. The normalized spacial score (nSPS) is 10.4. The smallest absolute Gasteiger partial charge is 0.253 e. The molecule has 134 valence electrons. The molecule has 0 aliphatic heterocycles. The quantitative estimate of drug-likeness (QED) is 0.678. The van der Waals surface area contributed by atoms with Crippen molar-refractivity contribution in [1.82, 2.24) is 4.90 Å². The van der Waals surface area contributed by atoms with Gasteiger partial charge in [-0.1, -0.05) is 17.7 Å². The molecule has 2 aromatic rings. The number of amides is 1. The molecule has 2 aromatic carbocycles. The zero-order chi connectivity index (χ0) is 18.2. The van der Waals surface area contributed by atoms with E-state index in [0.717, 1.165) is 11.3 Å². The Labute approximate surface area is 154 Å². The Bertz CT molecular complexity index is 714. The predicted molar refractivity (Wildman–Crippen MR) is 101 cm³/mol. The van der Waals surface area contributed by atoms with Gasteiger partial charge in [0.05, 0.1) is 6.61 Å². The maximum atomic E-state index is 12.6. The molecular weight excluding hydrogens is 338 g/mol. The summed E-state index contributed by atoms with van der Waals surface area (Å²) < 4.78 is 11.5. The van der Waals surface area contributed by atoms with Crippen LogP contribution in [0.2, 0.25) is 5.02 Å². The lowest BCUT2D eigenvalue weighted by molar-refractivity contribution is 0.0772. The number of hydrogen-bond acceptors (Lipinski definition) is 3. The summed E-state index contributed by atoms with van der Waals surface area (Å²) >= 11 is 5.99. The molecule has 5 heteroatoms. The average molecular weight is 362 g/mol. The van der Waals surface area contributed by atoms with E-state index in [9.17, 15) is 4.79 Å². The maximum Gasteiger partial charge on any atom is 0.253 e. The number of rotatable bonds is 8. The topological polar surface area (TPSA) is 38.8 Å². The monoisotopic (exact) mass is 361 g/mol. The minimum atomic E-state index is 0.0112. The molecule has 0 atom stereocenters. The van der Waals surface area contributed by atoms with Crippen molar-refractivity contribution >= 4 is 17.5 Å². The standard InChI is InChI=1S/C20H24ClNO3/c1-4-22(5-2)20(23)15-10-11-19(24-6-3)16(12-15)14-25-18-9-7-8-17(21)13-18/h7-13H,4-6,14H2,1-3H3. The highest BCUT2D eigenvalue weighted by Crippen LogP contribution is 2.24. The number of halogens is 1. The molecule has 4 nitrogen and oxygen atoms in total. The van der Waals surface area contributed by atoms with Crippen LogP contribution in [0, 0.1) is 0 Å². The van der Waals surface area contributed by atoms with E-state index in [1.54, 1.807) is 23.1 Å². The van der Waals surface area contributed by atoms with Crippen LogP contribution in [0.5, 0.6) is 11.5 Å². The van der Waals surface area contributed by atoms with Crippen LogP contribution in [0.3, 0.4) is 0 Å². The first-order valence-electron chi connectivity index (χ1n) is 8.52. The largest absolute Gasteiger partial charge is 0.493 e. The van der Waals surface area contributed by atoms with Crippen molar-refractivity contribution in [1.29, 1.82) is 0 Å². The van der Waals surface area contributed by atoms with Gasteiger partial charge in [-0.3, -0.25) is 4.79 Å². The third-order valence-corrected chi connectivity index (χ3v) is 4.08. The van der Waals surface area contributed by atoms with Gasteiger partial charge in [-0.15, -0.1) is 0 Å². The minimum absolute atomic E-state index is 0.0112. The first kappa shape index (κ1) is 19.1. The molecule has 0 N–H and O–H groups in total. The number of carbonyl (C=O) groups is 1. The molecule has 25 heavy (non-hydrogen) atoms. The SMILES string of the molecule is CCOc1ccc(C(=O)N(CC)CC)cc1COc1cccc(Cl)c1. The van der Waals surface area contributed by atoms with Crippen molar-refractivity contribution in [2.45, 2.75) is 27.4 Å². The molecule has 2 rings (SSSR count). The number of carbonyl (C=O) groups excluding carboxylic acids is 1. The van der Waals surface area contributed by atoms with E-state index in [1.807, 2.05) is 45.0 Å². The summed E-state index contributed by atoms with van der Waals surface area (Å²) in [5, 5.41) is 0.619. The second kappa shape index (κ2) is 9.33. The summed E-state index contributed by atoms with van der Waals surface area (Å²) in [6, 6.07) is 12.7. The number of ether oxygens (including phenoxy) is 2. The Kier molecular flexibility index (Phi) is 7.14. The molecule has 0 saturated carbocycles. The van der Waals surface area contributed by atoms with Gasteiger partial charge in [-0.05, 0) is 57.2 Å². The van der Waals surface area contributed by atoms with Crippen LogP contribution in [0.4, 0.5) is 0 Å². The number of hydrogen-bond donors (Lipinski definition) is 0. The van der Waals surface area contributed by atoms with Gasteiger partial charge in [0.1, 0.15) is 18.1 Å². The number of benzene rings is 2. The molecule has 0 heterocycles. The van der Waals surface area contributed by atoms with Gasteiger partial charge in [0.15, 0.2) is 0 Å². The molecule has 0 fully saturated rings. The minimum Gasteiger partial charge on any atom is -0.493 e. The maximum absolute atomic E-state index is 12.6. The second-order valence-corrected chi connectivity index (χ2v) is 5.92. The van der Waals surface area contributed by atoms with Crippen molar-refractivity contribution in [3.05, 3.63) is 58.6 Å². The molecule has 0 aliphatic carbocycles. The van der Waals surface area contributed by atoms with Crippen LogP contribution in [0.15, 0.2) is 42.5 Å². The fourth-order valence-electron chi connectivity index (χ4n) is 2.53. The van der Waals surface area contributed by atoms with E-state index in [2.05, 4.69) is 0 Å². The van der Waals surface area contributed by atoms with Crippen LogP contribution >= 0.6 is 11.6 Å². The molecule has 0 aliphatic rings. The van der Waals surface area contributed by atoms with Crippen molar-refractivity contribution in [3.8, 4) is 11.5 Å². The van der Waals surface area contributed by atoms with Crippen molar-refractivity contribution < 1.29 is 14.3 Å². The van der Waals surface area contributed by atoms with E-state index >= 15 is 0 Å². The third-order valence-electron chi connectivity index (χ3n) is 3.85. The Balaban J connectivity index is 2.23. The van der Waals surface area contributed by atoms with Crippen molar-refractivity contribution in [2.75, 3.05) is 19.7 Å². The summed E-state index contributed by atoms with van der Waals surface area (Å²) in [4.78, 5) is 14.4. The van der Waals surface area contributed by atoms with E-state index in [0.29, 0.717) is 42.6 Å². The fourth-order valence-corrected chi connectivity index (χ4v) is 2.71. The number of nitrogens with zero attached hydrogens (tertiary/aromatic N) is 1. The van der Waals surface area contributed by atoms with Crippen LogP contribution in [0.1, 0.15) is 36.7 Å². The molecule has 0 spiro atoms. The summed E-state index contributed by atoms with van der Waals surface area (Å²) in [7, 11) is 0. The van der Waals surface area contributed by atoms with Crippen LogP contribution in [0.25, 0.3) is 0 Å². The van der Waals surface area contributed by atoms with Gasteiger partial charge >= 0.3 is 0 Å². The van der Waals surface area contributed by atoms with Gasteiger partial charge in [-0.2, -0.15) is 0 Å². The first-order chi connectivity index (χ1) is 12.1. The van der Waals surface area contributed by atoms with Crippen LogP contribution in [-0.2, 0) is 6.61 Å². The second-order valence-electron chi connectivity index (χ2n) is 5.48. The van der Waals surface area contributed by atoms with E-state index in [-0.39, 0.29) is 5.91 Å². The summed E-state index contributed by atoms with van der Waals surface area (Å²) in [6.45, 7) is 8.07. The highest BCUT2D eigenvalue weighted by Gasteiger charge is 2.15. The summed E-state index contributed by atoms with van der Waals surface area (Å²) in [5.74, 6) is 1.41. The van der Waals surface area contributed by atoms with Crippen LogP contribution in [-0.4, -0.2) is 30.5 Å². The van der Waals surface area contributed by atoms with Crippen molar-refractivity contribution in [3.63, 3.8) is 0 Å². The lowest BCUT2D eigenvalue weighted by Gasteiger charge is -2.20. The molecule has 0 saturated heterocycles. The van der Waals surface area contributed by atoms with Gasteiger partial charge in [0, 0.05) is 29.2 Å². The zero-order valence-corrected chi connectivity index (χ0v) is 15.7. The molecule has 0 aromatic heterocycles. The Morgan fingerprint density at radius 1 is 1.04 bits per heavy atom. The van der Waals surface area contributed by atoms with E-state index in [4.69, 9.17) is 21.1 Å².